The SMILES string of the molecule is [NaH].c1ccc2sncc2c1. The van der Waals surface area contributed by atoms with Crippen molar-refractivity contribution in [1.82, 2.24) is 4.37 Å². The molecule has 1 heterocycles. The maximum absolute atomic E-state index is 4.04. The van der Waals surface area contributed by atoms with Crippen molar-refractivity contribution in [1.29, 1.82) is 0 Å². The van der Waals surface area contributed by atoms with Gasteiger partial charge in [-0.2, -0.15) is 4.37 Å². The zero-order valence-electron chi connectivity index (χ0n) is 4.74. The predicted octanol–water partition coefficient (Wildman–Crippen LogP) is 1.65. The van der Waals surface area contributed by atoms with E-state index in [9.17, 15) is 0 Å². The van der Waals surface area contributed by atoms with E-state index in [-0.39, 0.29) is 29.6 Å². The molecule has 1 aromatic carbocycles. The van der Waals surface area contributed by atoms with Gasteiger partial charge in [0.15, 0.2) is 0 Å². The second-order valence-corrected chi connectivity index (χ2v) is 2.70. The molecule has 0 saturated carbocycles. The normalized spacial score (nSPS) is 9.20. The van der Waals surface area contributed by atoms with Crippen molar-refractivity contribution < 1.29 is 0 Å². The predicted molar refractivity (Wildman–Crippen MR) is 46.8 cm³/mol. The van der Waals surface area contributed by atoms with Crippen LogP contribution in [0.15, 0.2) is 30.5 Å². The molecule has 46 valence electrons. The van der Waals surface area contributed by atoms with Crippen LogP contribution in [-0.4, -0.2) is 33.9 Å². The van der Waals surface area contributed by atoms with Gasteiger partial charge < -0.3 is 0 Å². The zero-order chi connectivity index (χ0) is 6.10. The molecule has 0 amide bonds. The van der Waals surface area contributed by atoms with E-state index in [4.69, 9.17) is 0 Å². The van der Waals surface area contributed by atoms with E-state index in [1.54, 1.807) is 0 Å². The third kappa shape index (κ3) is 1.40. The largest absolute Gasteiger partial charge is 0.200 e. The summed E-state index contributed by atoms with van der Waals surface area (Å²) in [6.07, 6.45) is 1.89. The summed E-state index contributed by atoms with van der Waals surface area (Å²) in [5.41, 5.74) is 0. The van der Waals surface area contributed by atoms with E-state index in [1.165, 1.54) is 21.6 Å². The average molecular weight is 159 g/mol. The first-order chi connectivity index (χ1) is 4.47. The maximum Gasteiger partial charge on any atom is 0.0549 e. The second-order valence-electron chi connectivity index (χ2n) is 1.86. The van der Waals surface area contributed by atoms with Gasteiger partial charge in [-0.15, -0.1) is 0 Å². The first-order valence-electron chi connectivity index (χ1n) is 2.76. The number of rotatable bonds is 0. The van der Waals surface area contributed by atoms with Crippen LogP contribution < -0.4 is 0 Å². The first kappa shape index (κ1) is 8.21. The van der Waals surface area contributed by atoms with E-state index in [1.807, 2.05) is 18.3 Å². The van der Waals surface area contributed by atoms with Crippen molar-refractivity contribution >= 4 is 51.2 Å². The van der Waals surface area contributed by atoms with E-state index in [0.717, 1.165) is 0 Å². The molecule has 1 nitrogen and oxygen atoms in total. The van der Waals surface area contributed by atoms with Crippen LogP contribution >= 0.6 is 11.5 Å². The molecule has 0 fully saturated rings. The fourth-order valence-corrected chi connectivity index (χ4v) is 1.46. The van der Waals surface area contributed by atoms with Crippen LogP contribution in [0.5, 0.6) is 0 Å². The van der Waals surface area contributed by atoms with Gasteiger partial charge in [-0.3, -0.25) is 0 Å². The molecule has 0 aliphatic rings. The minimum Gasteiger partial charge on any atom is -0.200 e. The Labute approximate surface area is 85.5 Å². The molecule has 0 unspecified atom stereocenters. The van der Waals surface area contributed by atoms with E-state index in [0.29, 0.717) is 0 Å². The summed E-state index contributed by atoms with van der Waals surface area (Å²) >= 11 is 1.54. The molecular weight excluding hydrogens is 153 g/mol. The zero-order valence-corrected chi connectivity index (χ0v) is 5.56. The third-order valence-electron chi connectivity index (χ3n) is 1.26. The number of hydrogen-bond donors (Lipinski definition) is 0. The maximum atomic E-state index is 4.04. The Morgan fingerprint density at radius 3 is 2.80 bits per heavy atom. The summed E-state index contributed by atoms with van der Waals surface area (Å²) in [7, 11) is 0. The quantitative estimate of drug-likeness (QED) is 0.532. The van der Waals surface area contributed by atoms with Crippen molar-refractivity contribution in [3.05, 3.63) is 30.5 Å². The number of nitrogens with zero attached hydrogens (tertiary/aromatic N) is 1. The Hall–Kier alpha value is 0.110. The summed E-state index contributed by atoms with van der Waals surface area (Å²) in [5, 5.41) is 1.24. The standard InChI is InChI=1S/C7H5NS.Na.H/c1-2-4-7-6(3-1)5-8-9-7;;/h1-5H;;. The van der Waals surface area contributed by atoms with Crippen LogP contribution in [0.3, 0.4) is 0 Å². The molecule has 0 N–H and O–H groups in total. The summed E-state index contributed by atoms with van der Waals surface area (Å²) in [6, 6.07) is 8.20. The summed E-state index contributed by atoms with van der Waals surface area (Å²) in [6.45, 7) is 0. The van der Waals surface area contributed by atoms with Crippen LogP contribution in [-0.2, 0) is 0 Å². The van der Waals surface area contributed by atoms with Gasteiger partial charge in [-0.25, -0.2) is 0 Å². The van der Waals surface area contributed by atoms with Crippen LogP contribution in [0.25, 0.3) is 10.1 Å². The van der Waals surface area contributed by atoms with Crippen molar-refractivity contribution in [2.45, 2.75) is 0 Å². The molecule has 0 aliphatic heterocycles. The van der Waals surface area contributed by atoms with Crippen molar-refractivity contribution in [3.8, 4) is 0 Å². The minimum atomic E-state index is 0. The number of benzene rings is 1. The third-order valence-corrected chi connectivity index (χ3v) is 2.04. The summed E-state index contributed by atoms with van der Waals surface area (Å²) < 4.78 is 5.30. The molecule has 0 radical (unpaired) electrons. The fourth-order valence-electron chi connectivity index (χ4n) is 0.810. The van der Waals surface area contributed by atoms with Gasteiger partial charge in [0.1, 0.15) is 0 Å². The van der Waals surface area contributed by atoms with E-state index >= 15 is 0 Å². The van der Waals surface area contributed by atoms with Gasteiger partial charge in [0.05, 0.1) is 4.70 Å². The number of hydrogen-bond acceptors (Lipinski definition) is 2. The van der Waals surface area contributed by atoms with Gasteiger partial charge >= 0.3 is 29.6 Å². The molecule has 2 aromatic rings. The average Bonchev–Trinajstić information content (AvgIpc) is 2.33. The Kier molecular flexibility index (Phi) is 2.86. The van der Waals surface area contributed by atoms with Crippen LogP contribution in [0, 0.1) is 0 Å². The Morgan fingerprint density at radius 1 is 1.20 bits per heavy atom. The van der Waals surface area contributed by atoms with Crippen molar-refractivity contribution in [2.75, 3.05) is 0 Å². The molecule has 2 rings (SSSR count). The van der Waals surface area contributed by atoms with Crippen molar-refractivity contribution in [2.24, 2.45) is 0 Å². The molecule has 3 heteroatoms. The summed E-state index contributed by atoms with van der Waals surface area (Å²) in [4.78, 5) is 0. The molecule has 0 saturated heterocycles. The Bertz CT molecular complexity index is 288. The molecule has 0 atom stereocenters. The molecule has 1 aromatic heterocycles. The van der Waals surface area contributed by atoms with Gasteiger partial charge in [0.25, 0.3) is 0 Å². The summed E-state index contributed by atoms with van der Waals surface area (Å²) in [5.74, 6) is 0. The Balaban J connectivity index is 0.000000500. The van der Waals surface area contributed by atoms with Gasteiger partial charge in [0, 0.05) is 11.6 Å². The smallest absolute Gasteiger partial charge is 0.0549 e. The van der Waals surface area contributed by atoms with E-state index < -0.39 is 0 Å². The first-order valence-corrected chi connectivity index (χ1v) is 3.53. The molecule has 0 spiro atoms. The van der Waals surface area contributed by atoms with Gasteiger partial charge in [-0.05, 0) is 17.6 Å². The molecule has 0 aliphatic carbocycles. The number of aromatic nitrogens is 1. The molecule has 0 bridgehead atoms. The van der Waals surface area contributed by atoms with Crippen molar-refractivity contribution in [3.63, 3.8) is 0 Å². The van der Waals surface area contributed by atoms with Crippen LogP contribution in [0.4, 0.5) is 0 Å². The van der Waals surface area contributed by atoms with Gasteiger partial charge in [0.2, 0.25) is 0 Å². The number of fused-ring (bicyclic) bond motifs is 1. The fraction of sp³-hybridized carbons (Fsp3) is 0. The van der Waals surface area contributed by atoms with Crippen LogP contribution in [0.1, 0.15) is 0 Å². The molecular formula is C7H6NNaS. The minimum absolute atomic E-state index is 0. The topological polar surface area (TPSA) is 12.9 Å². The molecule has 10 heavy (non-hydrogen) atoms. The van der Waals surface area contributed by atoms with Crippen LogP contribution in [0.2, 0.25) is 0 Å². The Morgan fingerprint density at radius 2 is 2.00 bits per heavy atom. The van der Waals surface area contributed by atoms with Gasteiger partial charge in [-0.1, -0.05) is 18.2 Å². The van der Waals surface area contributed by atoms with E-state index in [2.05, 4.69) is 16.5 Å². The monoisotopic (exact) mass is 159 g/mol. The second kappa shape index (κ2) is 3.49.